The van der Waals surface area contributed by atoms with Crippen molar-refractivity contribution < 1.29 is 22.7 Å². The molecule has 0 bridgehead atoms. The van der Waals surface area contributed by atoms with Crippen molar-refractivity contribution in [1.82, 2.24) is 4.72 Å². The fraction of sp³-hybridized carbons (Fsp3) is 0.222. The Kier molecular flexibility index (Phi) is 7.82. The van der Waals surface area contributed by atoms with Gasteiger partial charge >= 0.3 is 5.97 Å². The number of nitrogens with one attached hydrogen (secondary N) is 2. The van der Waals surface area contributed by atoms with Gasteiger partial charge in [-0.2, -0.15) is 0 Å². The lowest BCUT2D eigenvalue weighted by atomic mass is 10.2. The third-order valence-corrected chi connectivity index (χ3v) is 5.55. The van der Waals surface area contributed by atoms with Crippen molar-refractivity contribution in [3.63, 3.8) is 0 Å². The molecule has 2 N–H and O–H groups in total. The number of halogens is 2. The van der Waals surface area contributed by atoms with Gasteiger partial charge in [0.1, 0.15) is 0 Å². The highest BCUT2D eigenvalue weighted by atomic mass is 35.5. The zero-order chi connectivity index (χ0) is 20.7. The molecule has 0 spiro atoms. The van der Waals surface area contributed by atoms with E-state index in [9.17, 15) is 18.0 Å². The number of hydrogen-bond donors (Lipinski definition) is 2. The molecule has 0 aliphatic heterocycles. The number of sulfonamides is 1. The summed E-state index contributed by atoms with van der Waals surface area (Å²) in [7, 11) is -3.76. The van der Waals surface area contributed by atoms with Crippen LogP contribution in [0.1, 0.15) is 12.0 Å². The van der Waals surface area contributed by atoms with E-state index in [1.807, 2.05) is 0 Å². The third-order valence-electron chi connectivity index (χ3n) is 3.58. The molecule has 150 valence electrons. The molecule has 0 aromatic heterocycles. The summed E-state index contributed by atoms with van der Waals surface area (Å²) in [5.41, 5.74) is 1.32. The van der Waals surface area contributed by atoms with E-state index in [0.29, 0.717) is 15.7 Å². The van der Waals surface area contributed by atoms with Crippen molar-refractivity contribution >= 4 is 50.8 Å². The molecule has 28 heavy (non-hydrogen) atoms. The minimum atomic E-state index is -3.76. The summed E-state index contributed by atoms with van der Waals surface area (Å²) in [5.74, 6) is -1.24. The Balaban J connectivity index is 1.75. The van der Waals surface area contributed by atoms with Gasteiger partial charge in [0.2, 0.25) is 10.0 Å². The number of ether oxygens (including phenoxy) is 1. The van der Waals surface area contributed by atoms with Crippen LogP contribution < -0.4 is 10.0 Å². The molecule has 0 saturated heterocycles. The highest BCUT2D eigenvalue weighted by Gasteiger charge is 2.15. The number of hydrogen-bond acceptors (Lipinski definition) is 5. The number of anilines is 1. The van der Waals surface area contributed by atoms with Crippen LogP contribution in [0.15, 0.2) is 47.4 Å². The lowest BCUT2D eigenvalue weighted by molar-refractivity contribution is -0.147. The van der Waals surface area contributed by atoms with Crippen LogP contribution in [-0.4, -0.2) is 33.4 Å². The highest BCUT2D eigenvalue weighted by Crippen LogP contribution is 2.20. The molecular formula is C18H18Cl2N2O5S. The van der Waals surface area contributed by atoms with Crippen molar-refractivity contribution in [3.8, 4) is 0 Å². The van der Waals surface area contributed by atoms with Crippen LogP contribution in [0.2, 0.25) is 10.0 Å². The van der Waals surface area contributed by atoms with Crippen molar-refractivity contribution in [1.29, 1.82) is 0 Å². The molecule has 0 fully saturated rings. The number of carbonyl (C=O) groups excluding carboxylic acids is 2. The van der Waals surface area contributed by atoms with E-state index in [1.54, 1.807) is 25.1 Å². The Morgan fingerprint density at radius 1 is 1.04 bits per heavy atom. The Labute approximate surface area is 173 Å². The predicted molar refractivity (Wildman–Crippen MR) is 107 cm³/mol. The Morgan fingerprint density at radius 2 is 1.68 bits per heavy atom. The highest BCUT2D eigenvalue weighted by molar-refractivity contribution is 7.89. The standard InChI is InChI=1S/C18H18Cl2N2O5S/c1-12-2-3-14(20)10-16(12)22-17(23)11-27-18(24)8-9-21-28(25,26)15-6-4-13(19)5-7-15/h2-7,10,21H,8-9,11H2,1H3,(H,22,23). The van der Waals surface area contributed by atoms with Gasteiger partial charge < -0.3 is 10.1 Å². The molecule has 1 amide bonds. The summed E-state index contributed by atoms with van der Waals surface area (Å²) in [6.07, 6.45) is -0.226. The average Bonchev–Trinajstić information content (AvgIpc) is 2.63. The minimum Gasteiger partial charge on any atom is -0.456 e. The minimum absolute atomic E-state index is 0.0292. The van der Waals surface area contributed by atoms with Gasteiger partial charge in [0.15, 0.2) is 6.61 Å². The maximum absolute atomic E-state index is 12.1. The fourth-order valence-electron chi connectivity index (χ4n) is 2.12. The zero-order valence-electron chi connectivity index (χ0n) is 14.9. The Bertz CT molecular complexity index is 962. The first-order valence-electron chi connectivity index (χ1n) is 8.14. The molecule has 7 nitrogen and oxygen atoms in total. The summed E-state index contributed by atoms with van der Waals surface area (Å²) < 4.78 is 31.3. The van der Waals surface area contributed by atoms with Crippen LogP contribution in [-0.2, 0) is 24.3 Å². The van der Waals surface area contributed by atoms with E-state index >= 15 is 0 Å². The van der Waals surface area contributed by atoms with Crippen LogP contribution in [0.4, 0.5) is 5.69 Å². The van der Waals surface area contributed by atoms with Crippen molar-refractivity contribution in [2.24, 2.45) is 0 Å². The molecular weight excluding hydrogens is 427 g/mol. The molecule has 2 aromatic rings. The smallest absolute Gasteiger partial charge is 0.307 e. The van der Waals surface area contributed by atoms with Crippen LogP contribution in [0.25, 0.3) is 0 Å². The Hall–Kier alpha value is -2.13. The van der Waals surface area contributed by atoms with E-state index in [2.05, 4.69) is 10.0 Å². The Morgan fingerprint density at radius 3 is 2.36 bits per heavy atom. The van der Waals surface area contributed by atoms with Crippen LogP contribution in [0, 0.1) is 6.92 Å². The molecule has 0 aliphatic carbocycles. The van der Waals surface area contributed by atoms with E-state index in [0.717, 1.165) is 5.56 Å². The fourth-order valence-corrected chi connectivity index (χ4v) is 3.45. The predicted octanol–water partition coefficient (Wildman–Crippen LogP) is 3.15. The van der Waals surface area contributed by atoms with Gasteiger partial charge in [-0.1, -0.05) is 29.3 Å². The first-order valence-corrected chi connectivity index (χ1v) is 10.4. The van der Waals surface area contributed by atoms with Gasteiger partial charge in [-0.05, 0) is 48.9 Å². The number of amides is 1. The second kappa shape index (κ2) is 9.88. The molecule has 0 atom stereocenters. The first kappa shape index (κ1) is 22.2. The number of aryl methyl sites for hydroxylation is 1. The quantitative estimate of drug-likeness (QED) is 0.608. The van der Waals surface area contributed by atoms with Crippen molar-refractivity contribution in [2.45, 2.75) is 18.2 Å². The summed E-state index contributed by atoms with van der Waals surface area (Å²) in [6, 6.07) is 10.6. The summed E-state index contributed by atoms with van der Waals surface area (Å²) >= 11 is 11.6. The third kappa shape index (κ3) is 6.79. The lowest BCUT2D eigenvalue weighted by Crippen LogP contribution is -2.28. The van der Waals surface area contributed by atoms with Gasteiger partial charge in [0.25, 0.3) is 5.91 Å². The van der Waals surface area contributed by atoms with Gasteiger partial charge in [0, 0.05) is 22.3 Å². The van der Waals surface area contributed by atoms with E-state index < -0.39 is 28.5 Å². The lowest BCUT2D eigenvalue weighted by Gasteiger charge is -2.10. The van der Waals surface area contributed by atoms with Crippen molar-refractivity contribution in [2.75, 3.05) is 18.5 Å². The topological polar surface area (TPSA) is 102 Å². The molecule has 0 heterocycles. The summed E-state index contributed by atoms with van der Waals surface area (Å²) in [5, 5.41) is 3.46. The SMILES string of the molecule is Cc1ccc(Cl)cc1NC(=O)COC(=O)CCNS(=O)(=O)c1ccc(Cl)cc1. The molecule has 0 saturated carbocycles. The van der Waals surface area contributed by atoms with E-state index in [-0.39, 0.29) is 17.9 Å². The number of benzene rings is 2. The van der Waals surface area contributed by atoms with E-state index in [1.165, 1.54) is 24.3 Å². The molecule has 0 radical (unpaired) electrons. The second-order valence-electron chi connectivity index (χ2n) is 5.77. The molecule has 10 heteroatoms. The average molecular weight is 445 g/mol. The molecule has 0 aliphatic rings. The van der Waals surface area contributed by atoms with Crippen LogP contribution >= 0.6 is 23.2 Å². The number of carbonyl (C=O) groups is 2. The molecule has 0 unspecified atom stereocenters. The summed E-state index contributed by atoms with van der Waals surface area (Å²) in [4.78, 5) is 23.6. The largest absolute Gasteiger partial charge is 0.456 e. The van der Waals surface area contributed by atoms with Crippen molar-refractivity contribution in [3.05, 3.63) is 58.1 Å². The summed E-state index contributed by atoms with van der Waals surface area (Å²) in [6.45, 7) is 1.14. The van der Waals surface area contributed by atoms with E-state index in [4.69, 9.17) is 27.9 Å². The van der Waals surface area contributed by atoms with Gasteiger partial charge in [-0.25, -0.2) is 13.1 Å². The second-order valence-corrected chi connectivity index (χ2v) is 8.41. The van der Waals surface area contributed by atoms with Crippen LogP contribution in [0.3, 0.4) is 0 Å². The van der Waals surface area contributed by atoms with Gasteiger partial charge in [-0.3, -0.25) is 9.59 Å². The van der Waals surface area contributed by atoms with Gasteiger partial charge in [0.05, 0.1) is 11.3 Å². The van der Waals surface area contributed by atoms with Crippen LogP contribution in [0.5, 0.6) is 0 Å². The zero-order valence-corrected chi connectivity index (χ0v) is 17.2. The normalized spacial score (nSPS) is 11.1. The molecule has 2 aromatic carbocycles. The number of rotatable bonds is 8. The first-order chi connectivity index (χ1) is 13.2. The monoisotopic (exact) mass is 444 g/mol. The van der Waals surface area contributed by atoms with Gasteiger partial charge in [-0.15, -0.1) is 0 Å². The molecule has 2 rings (SSSR count). The number of esters is 1. The maximum Gasteiger partial charge on any atom is 0.307 e. The maximum atomic E-state index is 12.1.